The van der Waals surface area contributed by atoms with Crippen molar-refractivity contribution in [2.75, 3.05) is 17.2 Å². The van der Waals surface area contributed by atoms with Gasteiger partial charge in [0.1, 0.15) is 17.8 Å². The van der Waals surface area contributed by atoms with E-state index in [2.05, 4.69) is 15.2 Å². The van der Waals surface area contributed by atoms with Crippen molar-refractivity contribution in [3.05, 3.63) is 58.9 Å². The first-order valence-electron chi connectivity index (χ1n) is 11.4. The van der Waals surface area contributed by atoms with Gasteiger partial charge in [0.05, 0.1) is 12.3 Å². The van der Waals surface area contributed by atoms with Crippen LogP contribution in [-0.2, 0) is 34.3 Å². The predicted molar refractivity (Wildman–Crippen MR) is 134 cm³/mol. The van der Waals surface area contributed by atoms with Crippen molar-refractivity contribution >= 4 is 33.0 Å². The topological polar surface area (TPSA) is 141 Å². The molecule has 3 heterocycles. The molecule has 0 N–H and O–H groups in total. The highest BCUT2D eigenvalue weighted by Crippen LogP contribution is 2.32. The molecule has 11 nitrogen and oxygen atoms in total. The number of aryl methyl sites for hydroxylation is 1. The lowest BCUT2D eigenvalue weighted by Crippen LogP contribution is -2.35. The Morgan fingerprint density at radius 1 is 1.22 bits per heavy atom. The molecular weight excluding hydrogens is 504 g/mol. The number of sulfonamides is 1. The van der Waals surface area contributed by atoms with Crippen LogP contribution in [0.3, 0.4) is 0 Å². The van der Waals surface area contributed by atoms with Crippen molar-refractivity contribution < 1.29 is 22.0 Å². The minimum Gasteiger partial charge on any atom is -0.759 e. The minimum absolute atomic E-state index is 0.128. The fourth-order valence-corrected chi connectivity index (χ4v) is 6.21. The fourth-order valence-electron chi connectivity index (χ4n) is 4.25. The third-order valence-electron chi connectivity index (χ3n) is 6.21. The van der Waals surface area contributed by atoms with Gasteiger partial charge >= 0.3 is 0 Å². The van der Waals surface area contributed by atoms with Gasteiger partial charge in [-0.2, -0.15) is 0 Å². The molecular formula is C23H27N6O5S2-. The van der Waals surface area contributed by atoms with Crippen LogP contribution in [0, 0.1) is 6.92 Å². The van der Waals surface area contributed by atoms with E-state index in [0.29, 0.717) is 26.6 Å². The lowest BCUT2D eigenvalue weighted by Gasteiger charge is -2.24. The molecule has 0 spiro atoms. The van der Waals surface area contributed by atoms with Crippen LogP contribution in [0.2, 0.25) is 0 Å². The number of amides is 1. The van der Waals surface area contributed by atoms with Crippen molar-refractivity contribution in [3.63, 3.8) is 0 Å². The first kappa shape index (κ1) is 26.1. The molecule has 1 amide bonds. The van der Waals surface area contributed by atoms with Crippen LogP contribution in [0.1, 0.15) is 53.9 Å². The van der Waals surface area contributed by atoms with Crippen molar-refractivity contribution in [3.8, 4) is 11.5 Å². The number of benzene rings is 1. The maximum Gasteiger partial charge on any atom is 0.260 e. The molecule has 1 aliphatic heterocycles. The summed E-state index contributed by atoms with van der Waals surface area (Å²) in [5.41, 5.74) is 3.41. The van der Waals surface area contributed by atoms with Crippen LogP contribution in [0.5, 0.6) is 0 Å². The van der Waals surface area contributed by atoms with Gasteiger partial charge in [0.25, 0.3) is 5.91 Å². The molecule has 1 atom stereocenters. The Balaban J connectivity index is 1.65. The first-order chi connectivity index (χ1) is 17.0. The summed E-state index contributed by atoms with van der Waals surface area (Å²) in [4.78, 5) is 19.6. The minimum atomic E-state index is -3.94. The molecule has 0 radical (unpaired) electrons. The quantitative estimate of drug-likeness (QED) is 0.383. The number of carbonyl (C=O) groups excluding carboxylic acids is 1. The Morgan fingerprint density at radius 2 is 1.97 bits per heavy atom. The molecule has 1 aromatic carbocycles. The maximum atomic E-state index is 13.3. The first-order valence-corrected chi connectivity index (χ1v) is 14.1. The largest absolute Gasteiger partial charge is 0.759 e. The number of hydrogen-bond acceptors (Lipinski definition) is 8. The van der Waals surface area contributed by atoms with Crippen LogP contribution in [0.25, 0.3) is 11.5 Å². The van der Waals surface area contributed by atoms with Crippen molar-refractivity contribution in [1.29, 1.82) is 0 Å². The smallest absolute Gasteiger partial charge is 0.260 e. The van der Waals surface area contributed by atoms with Gasteiger partial charge in [0.15, 0.2) is 5.82 Å². The molecule has 0 bridgehead atoms. The van der Waals surface area contributed by atoms with E-state index in [1.165, 1.54) is 6.92 Å². The summed E-state index contributed by atoms with van der Waals surface area (Å²) in [6.07, 6.45) is 1.78. The van der Waals surface area contributed by atoms with E-state index in [4.69, 9.17) is 0 Å². The maximum absolute atomic E-state index is 13.3. The molecule has 0 fully saturated rings. The van der Waals surface area contributed by atoms with Gasteiger partial charge < -0.3 is 9.12 Å². The molecule has 13 heteroatoms. The Kier molecular flexibility index (Phi) is 7.36. The number of anilines is 1. The van der Waals surface area contributed by atoms with Crippen molar-refractivity contribution in [2.45, 2.75) is 46.7 Å². The van der Waals surface area contributed by atoms with E-state index in [1.807, 2.05) is 31.4 Å². The second-order valence-corrected chi connectivity index (χ2v) is 12.0. The van der Waals surface area contributed by atoms with E-state index in [-0.39, 0.29) is 37.2 Å². The second kappa shape index (κ2) is 10.2. The number of pyridine rings is 1. The van der Waals surface area contributed by atoms with Gasteiger partial charge in [-0.05, 0) is 69.0 Å². The molecule has 0 aliphatic carbocycles. The molecule has 192 valence electrons. The average molecular weight is 532 g/mol. The number of nitrogens with zero attached hydrogens (tertiary/aromatic N) is 6. The Hall–Kier alpha value is -3.00. The summed E-state index contributed by atoms with van der Waals surface area (Å²) in [5, 5.41) is 8.17. The Bertz CT molecular complexity index is 1440. The van der Waals surface area contributed by atoms with Crippen LogP contribution in [-0.4, -0.2) is 58.8 Å². The number of carbonyl (C=O) groups is 1. The third kappa shape index (κ3) is 4.83. The van der Waals surface area contributed by atoms with Gasteiger partial charge in [0, 0.05) is 29.4 Å². The molecule has 4 rings (SSSR count). The van der Waals surface area contributed by atoms with Gasteiger partial charge in [-0.15, -0.1) is 13.9 Å². The van der Waals surface area contributed by atoms with E-state index >= 15 is 0 Å². The lowest BCUT2D eigenvalue weighted by molar-refractivity contribution is 0.0996. The zero-order chi connectivity index (χ0) is 26.2. The number of hydrogen-bond donors (Lipinski definition) is 0. The Labute approximate surface area is 212 Å². The van der Waals surface area contributed by atoms with Crippen LogP contribution >= 0.6 is 0 Å². The van der Waals surface area contributed by atoms with E-state index in [9.17, 15) is 22.0 Å². The predicted octanol–water partition coefficient (Wildman–Crippen LogP) is 2.38. The van der Waals surface area contributed by atoms with E-state index in [0.717, 1.165) is 16.7 Å². The SMILES string of the molecule is CCS(=O)(=O)N(CCc1c(C)ccc2c1CN(c1cccc(-c3nncn3C(C)C)n1)C2=O)S(=O)[O-]. The van der Waals surface area contributed by atoms with Crippen molar-refractivity contribution in [1.82, 2.24) is 23.5 Å². The molecule has 1 aliphatic rings. The number of fused-ring (bicyclic) bond motifs is 1. The monoisotopic (exact) mass is 531 g/mol. The number of aromatic nitrogens is 4. The molecule has 3 aromatic rings. The highest BCUT2D eigenvalue weighted by Gasteiger charge is 2.32. The summed E-state index contributed by atoms with van der Waals surface area (Å²) < 4.78 is 50.0. The Morgan fingerprint density at radius 3 is 2.64 bits per heavy atom. The van der Waals surface area contributed by atoms with E-state index in [1.54, 1.807) is 35.5 Å². The van der Waals surface area contributed by atoms with Crippen LogP contribution in [0.4, 0.5) is 5.82 Å². The van der Waals surface area contributed by atoms with Crippen LogP contribution in [0.15, 0.2) is 36.7 Å². The summed E-state index contributed by atoms with van der Waals surface area (Å²) in [5.74, 6) is 0.486. The van der Waals surface area contributed by atoms with Gasteiger partial charge in [-0.25, -0.2) is 13.4 Å². The summed E-state index contributed by atoms with van der Waals surface area (Å²) in [7, 11) is -3.94. The van der Waals surface area contributed by atoms with Gasteiger partial charge in [-0.3, -0.25) is 13.9 Å². The number of rotatable bonds is 9. The molecule has 1 unspecified atom stereocenters. The molecule has 2 aromatic heterocycles. The second-order valence-electron chi connectivity index (χ2n) is 8.71. The average Bonchev–Trinajstić information content (AvgIpc) is 3.46. The standard InChI is InChI=1S/C23H28N6O5S2/c1-5-36(33,34)29(35(31)32)12-11-17-16(4)9-10-18-19(17)13-27(23(18)30)21-8-6-7-20(25-21)22-26-24-14-28(22)15(2)3/h6-10,14-15H,5,11-13H2,1-4H3,(H,31,32)/p-1. The highest BCUT2D eigenvalue weighted by molar-refractivity contribution is 7.99. The zero-order valence-corrected chi connectivity index (χ0v) is 22.0. The van der Waals surface area contributed by atoms with Gasteiger partial charge in [-0.1, -0.05) is 12.1 Å². The van der Waals surface area contributed by atoms with E-state index < -0.39 is 21.3 Å². The summed E-state index contributed by atoms with van der Waals surface area (Å²) in [6.45, 7) is 7.26. The summed E-state index contributed by atoms with van der Waals surface area (Å²) in [6, 6.07) is 9.01. The summed E-state index contributed by atoms with van der Waals surface area (Å²) >= 11 is -2.92. The molecule has 0 saturated heterocycles. The van der Waals surface area contributed by atoms with Crippen molar-refractivity contribution in [2.24, 2.45) is 0 Å². The lowest BCUT2D eigenvalue weighted by atomic mass is 9.96. The normalized spacial score (nSPS) is 14.6. The molecule has 0 saturated carbocycles. The zero-order valence-electron chi connectivity index (χ0n) is 20.4. The third-order valence-corrected chi connectivity index (χ3v) is 9.31. The highest BCUT2D eigenvalue weighted by atomic mass is 32.3. The van der Waals surface area contributed by atoms with Crippen LogP contribution < -0.4 is 4.90 Å². The van der Waals surface area contributed by atoms with Gasteiger partial charge in [0.2, 0.25) is 10.0 Å². The molecule has 36 heavy (non-hydrogen) atoms. The fraction of sp³-hybridized carbons (Fsp3) is 0.391.